The summed E-state index contributed by atoms with van der Waals surface area (Å²) < 4.78 is 21.6. The maximum Gasteiger partial charge on any atom is 0.254 e. The molecule has 148 valence electrons. The van der Waals surface area contributed by atoms with Crippen molar-refractivity contribution in [3.8, 4) is 17.2 Å². The number of rotatable bonds is 5. The van der Waals surface area contributed by atoms with Gasteiger partial charge in [-0.05, 0) is 25.0 Å². The van der Waals surface area contributed by atoms with Gasteiger partial charge < -0.3 is 28.7 Å². The third-order valence-electron chi connectivity index (χ3n) is 4.96. The second kappa shape index (κ2) is 8.47. The van der Waals surface area contributed by atoms with E-state index in [1.165, 1.54) is 21.3 Å². The van der Waals surface area contributed by atoms with Gasteiger partial charge in [-0.25, -0.2) is 0 Å². The van der Waals surface area contributed by atoms with Crippen LogP contribution in [0.3, 0.4) is 0 Å². The minimum atomic E-state index is -0.608. The number of benzene rings is 1. The number of morpholine rings is 1. The number of likely N-dealkylation sites (tertiary alicyclic amines) is 1. The van der Waals surface area contributed by atoms with Crippen LogP contribution >= 0.6 is 0 Å². The van der Waals surface area contributed by atoms with Gasteiger partial charge in [0.25, 0.3) is 11.8 Å². The Bertz CT molecular complexity index is 676. The third-order valence-corrected chi connectivity index (χ3v) is 4.96. The largest absolute Gasteiger partial charge is 0.493 e. The summed E-state index contributed by atoms with van der Waals surface area (Å²) in [6.45, 7) is 2.53. The Morgan fingerprint density at radius 1 is 0.963 bits per heavy atom. The first kappa shape index (κ1) is 19.3. The van der Waals surface area contributed by atoms with Gasteiger partial charge in [-0.3, -0.25) is 9.59 Å². The molecule has 2 aliphatic rings. The van der Waals surface area contributed by atoms with Crippen molar-refractivity contribution < 1.29 is 28.5 Å². The lowest BCUT2D eigenvalue weighted by molar-refractivity contribution is -0.147. The smallest absolute Gasteiger partial charge is 0.254 e. The summed E-state index contributed by atoms with van der Waals surface area (Å²) in [6.07, 6.45) is 1.43. The van der Waals surface area contributed by atoms with Gasteiger partial charge in [0.1, 0.15) is 0 Å². The Morgan fingerprint density at radius 3 is 2.15 bits per heavy atom. The minimum absolute atomic E-state index is 0.0325. The van der Waals surface area contributed by atoms with Gasteiger partial charge in [-0.15, -0.1) is 0 Å². The van der Waals surface area contributed by atoms with E-state index in [0.29, 0.717) is 36.0 Å². The molecule has 1 aromatic carbocycles. The number of hydrogen-bond donors (Lipinski definition) is 0. The molecular formula is C19H26N2O6. The van der Waals surface area contributed by atoms with E-state index in [1.807, 2.05) is 4.90 Å². The molecule has 1 aromatic rings. The third kappa shape index (κ3) is 3.95. The molecule has 2 aliphatic heterocycles. The van der Waals surface area contributed by atoms with Crippen LogP contribution in [-0.2, 0) is 9.53 Å². The normalized spacial score (nSPS) is 19.7. The Labute approximate surface area is 158 Å². The first-order valence-electron chi connectivity index (χ1n) is 9.08. The van der Waals surface area contributed by atoms with Crippen molar-refractivity contribution in [3.05, 3.63) is 17.7 Å². The molecule has 2 fully saturated rings. The van der Waals surface area contributed by atoms with Crippen molar-refractivity contribution in [2.45, 2.75) is 18.9 Å². The van der Waals surface area contributed by atoms with Crippen molar-refractivity contribution in [1.82, 2.24) is 9.80 Å². The average Bonchev–Trinajstić information content (AvgIpc) is 3.26. The van der Waals surface area contributed by atoms with E-state index < -0.39 is 6.10 Å². The summed E-state index contributed by atoms with van der Waals surface area (Å²) in [7, 11) is 4.52. The fourth-order valence-electron chi connectivity index (χ4n) is 3.51. The van der Waals surface area contributed by atoms with E-state index >= 15 is 0 Å². The van der Waals surface area contributed by atoms with Gasteiger partial charge in [0.05, 0.1) is 34.5 Å². The highest BCUT2D eigenvalue weighted by molar-refractivity contribution is 5.96. The van der Waals surface area contributed by atoms with Crippen LogP contribution in [0.4, 0.5) is 0 Å². The van der Waals surface area contributed by atoms with Crippen LogP contribution in [0.15, 0.2) is 12.1 Å². The molecule has 2 heterocycles. The Hall–Kier alpha value is -2.48. The summed E-state index contributed by atoms with van der Waals surface area (Å²) in [4.78, 5) is 29.1. The van der Waals surface area contributed by atoms with Crippen molar-refractivity contribution in [2.24, 2.45) is 0 Å². The molecular weight excluding hydrogens is 352 g/mol. The van der Waals surface area contributed by atoms with E-state index in [1.54, 1.807) is 17.0 Å². The number of carbonyl (C=O) groups excluding carboxylic acids is 2. The number of carbonyl (C=O) groups is 2. The van der Waals surface area contributed by atoms with Crippen LogP contribution in [0.25, 0.3) is 0 Å². The highest BCUT2D eigenvalue weighted by Gasteiger charge is 2.33. The molecule has 0 aromatic heterocycles. The molecule has 2 saturated heterocycles. The monoisotopic (exact) mass is 378 g/mol. The standard InChI is InChI=1S/C19H26N2O6/c1-24-14-10-13(11-15(25-2)17(14)26-3)18(22)21-8-9-27-16(12-21)19(23)20-6-4-5-7-20/h10-11,16H,4-9,12H2,1-3H3/t16-/m0/s1. The molecule has 8 nitrogen and oxygen atoms in total. The molecule has 8 heteroatoms. The molecule has 0 bridgehead atoms. The first-order valence-corrected chi connectivity index (χ1v) is 9.08. The predicted molar refractivity (Wildman–Crippen MR) is 97.6 cm³/mol. The van der Waals surface area contributed by atoms with Crippen LogP contribution in [0.2, 0.25) is 0 Å². The summed E-state index contributed by atoms with van der Waals surface area (Å²) in [5, 5.41) is 0. The number of amides is 2. The zero-order valence-corrected chi connectivity index (χ0v) is 16.0. The van der Waals surface area contributed by atoms with Gasteiger partial charge in [0.2, 0.25) is 5.75 Å². The molecule has 0 spiro atoms. The van der Waals surface area contributed by atoms with Crippen LogP contribution in [0.5, 0.6) is 17.2 Å². The van der Waals surface area contributed by atoms with E-state index in [9.17, 15) is 9.59 Å². The highest BCUT2D eigenvalue weighted by Crippen LogP contribution is 2.38. The number of hydrogen-bond acceptors (Lipinski definition) is 6. The van der Waals surface area contributed by atoms with Crippen LogP contribution in [0.1, 0.15) is 23.2 Å². The number of nitrogens with zero attached hydrogens (tertiary/aromatic N) is 2. The van der Waals surface area contributed by atoms with E-state index in [0.717, 1.165) is 25.9 Å². The van der Waals surface area contributed by atoms with Crippen LogP contribution < -0.4 is 14.2 Å². The quantitative estimate of drug-likeness (QED) is 0.766. The zero-order valence-electron chi connectivity index (χ0n) is 16.0. The van der Waals surface area contributed by atoms with E-state index in [4.69, 9.17) is 18.9 Å². The molecule has 0 unspecified atom stereocenters. The summed E-state index contributed by atoms with van der Waals surface area (Å²) in [5.74, 6) is 1.03. The second-order valence-corrected chi connectivity index (χ2v) is 6.56. The fourth-order valence-corrected chi connectivity index (χ4v) is 3.51. The zero-order chi connectivity index (χ0) is 19.4. The summed E-state index contributed by atoms with van der Waals surface area (Å²) in [6, 6.07) is 3.24. The summed E-state index contributed by atoms with van der Waals surface area (Å²) >= 11 is 0. The Balaban J connectivity index is 1.77. The average molecular weight is 378 g/mol. The highest BCUT2D eigenvalue weighted by atomic mass is 16.5. The molecule has 27 heavy (non-hydrogen) atoms. The number of ether oxygens (including phenoxy) is 4. The van der Waals surface area contributed by atoms with Gasteiger partial charge in [-0.1, -0.05) is 0 Å². The lowest BCUT2D eigenvalue weighted by Crippen LogP contribution is -2.52. The van der Waals surface area contributed by atoms with Crippen molar-refractivity contribution in [3.63, 3.8) is 0 Å². The van der Waals surface area contributed by atoms with Gasteiger partial charge in [-0.2, -0.15) is 0 Å². The Morgan fingerprint density at radius 2 is 1.59 bits per heavy atom. The molecule has 0 radical (unpaired) electrons. The van der Waals surface area contributed by atoms with E-state index in [2.05, 4.69) is 0 Å². The minimum Gasteiger partial charge on any atom is -0.493 e. The molecule has 1 atom stereocenters. The van der Waals surface area contributed by atoms with Crippen molar-refractivity contribution in [2.75, 3.05) is 54.1 Å². The lowest BCUT2D eigenvalue weighted by Gasteiger charge is -2.34. The molecule has 0 aliphatic carbocycles. The van der Waals surface area contributed by atoms with Gasteiger partial charge >= 0.3 is 0 Å². The van der Waals surface area contributed by atoms with Crippen molar-refractivity contribution >= 4 is 11.8 Å². The maximum atomic E-state index is 13.0. The Kier molecular flexibility index (Phi) is 6.05. The second-order valence-electron chi connectivity index (χ2n) is 6.56. The molecule has 0 saturated carbocycles. The fraction of sp³-hybridized carbons (Fsp3) is 0.579. The molecule has 3 rings (SSSR count). The number of methoxy groups -OCH3 is 3. The first-order chi connectivity index (χ1) is 13.1. The van der Waals surface area contributed by atoms with Crippen molar-refractivity contribution in [1.29, 1.82) is 0 Å². The van der Waals surface area contributed by atoms with Gasteiger partial charge in [0, 0.05) is 25.2 Å². The van der Waals surface area contributed by atoms with Crippen LogP contribution in [-0.4, -0.2) is 81.8 Å². The predicted octanol–water partition coefficient (Wildman–Crippen LogP) is 1.18. The van der Waals surface area contributed by atoms with E-state index in [-0.39, 0.29) is 18.4 Å². The lowest BCUT2D eigenvalue weighted by atomic mass is 10.1. The molecule has 0 N–H and O–H groups in total. The topological polar surface area (TPSA) is 77.5 Å². The SMILES string of the molecule is COc1cc(C(=O)N2CCO[C@H](C(=O)N3CCCC3)C2)cc(OC)c1OC. The molecule has 2 amide bonds. The summed E-state index contributed by atoms with van der Waals surface area (Å²) in [5.41, 5.74) is 0.416. The maximum absolute atomic E-state index is 13.0. The van der Waals surface area contributed by atoms with Crippen LogP contribution in [0, 0.1) is 0 Å². The van der Waals surface area contributed by atoms with Gasteiger partial charge in [0.15, 0.2) is 17.6 Å².